The van der Waals surface area contributed by atoms with E-state index in [4.69, 9.17) is 0 Å². The standard InChI is InChI=1S/C35H71NO6S/c1-3-5-7-9-11-12-13-14-15-16-17-18-19-20-21-22-23-24-26-28-30-34(38)35(39)36-32(31-43(40,41)42)33(37)29-27-25-10-8-6-4-2/h32-34,37-38H,3-31H2,1-2H3,(H,36,39)(H,40,41,42). The van der Waals surface area contributed by atoms with E-state index in [0.717, 1.165) is 44.9 Å². The van der Waals surface area contributed by atoms with Crippen LogP contribution in [0.2, 0.25) is 0 Å². The molecule has 0 aliphatic rings. The summed E-state index contributed by atoms with van der Waals surface area (Å²) in [5.74, 6) is -1.45. The maximum Gasteiger partial charge on any atom is 0.266 e. The van der Waals surface area contributed by atoms with Crippen LogP contribution < -0.4 is 5.32 Å². The lowest BCUT2D eigenvalue weighted by atomic mass is 10.0. The summed E-state index contributed by atoms with van der Waals surface area (Å²) in [7, 11) is -4.39. The molecule has 3 atom stereocenters. The van der Waals surface area contributed by atoms with Gasteiger partial charge in [0.05, 0.1) is 17.9 Å². The van der Waals surface area contributed by atoms with Crippen LogP contribution in [0.15, 0.2) is 0 Å². The lowest BCUT2D eigenvalue weighted by Gasteiger charge is -2.24. The molecule has 7 nitrogen and oxygen atoms in total. The topological polar surface area (TPSA) is 124 Å². The maximum absolute atomic E-state index is 12.5. The average Bonchev–Trinajstić information content (AvgIpc) is 2.96. The normalized spacial score (nSPS) is 14.1. The summed E-state index contributed by atoms with van der Waals surface area (Å²) in [6, 6.07) is -1.14. The van der Waals surface area contributed by atoms with Crippen LogP contribution in [0.3, 0.4) is 0 Å². The summed E-state index contributed by atoms with van der Waals surface area (Å²) in [4.78, 5) is 12.5. The zero-order chi connectivity index (χ0) is 32.0. The molecule has 0 saturated heterocycles. The average molecular weight is 634 g/mol. The van der Waals surface area contributed by atoms with Crippen molar-refractivity contribution < 1.29 is 28.0 Å². The molecule has 0 aliphatic carbocycles. The number of hydrogen-bond acceptors (Lipinski definition) is 5. The van der Waals surface area contributed by atoms with E-state index in [-0.39, 0.29) is 0 Å². The Bertz CT molecular complexity index is 717. The molecule has 0 aromatic carbocycles. The summed E-state index contributed by atoms with van der Waals surface area (Å²) in [6.07, 6.45) is 30.2. The monoisotopic (exact) mass is 634 g/mol. The van der Waals surface area contributed by atoms with E-state index >= 15 is 0 Å². The third-order valence-corrected chi connectivity index (χ3v) is 9.45. The predicted molar refractivity (Wildman–Crippen MR) is 181 cm³/mol. The molecule has 258 valence electrons. The molecule has 4 N–H and O–H groups in total. The van der Waals surface area contributed by atoms with Gasteiger partial charge in [-0.3, -0.25) is 9.35 Å². The molecule has 0 saturated carbocycles. The second-order valence-corrected chi connectivity index (χ2v) is 14.5. The fourth-order valence-corrected chi connectivity index (χ4v) is 6.57. The van der Waals surface area contributed by atoms with Gasteiger partial charge in [0.25, 0.3) is 10.1 Å². The second-order valence-electron chi connectivity index (χ2n) is 13.0. The molecular formula is C35H71NO6S. The van der Waals surface area contributed by atoms with E-state index < -0.39 is 40.0 Å². The van der Waals surface area contributed by atoms with Crippen molar-refractivity contribution in [3.63, 3.8) is 0 Å². The first kappa shape index (κ1) is 42.3. The van der Waals surface area contributed by atoms with Gasteiger partial charge in [0.1, 0.15) is 6.10 Å². The number of carbonyl (C=O) groups excluding carboxylic acids is 1. The van der Waals surface area contributed by atoms with Crippen molar-refractivity contribution in [2.45, 2.75) is 212 Å². The first-order valence-electron chi connectivity index (χ1n) is 18.3. The molecule has 0 aromatic heterocycles. The Morgan fingerprint density at radius 3 is 1.16 bits per heavy atom. The molecule has 0 aromatic rings. The predicted octanol–water partition coefficient (Wildman–Crippen LogP) is 9.04. The highest BCUT2D eigenvalue weighted by Crippen LogP contribution is 2.16. The molecule has 1 amide bonds. The molecule has 0 bridgehead atoms. The van der Waals surface area contributed by atoms with Gasteiger partial charge in [-0.05, 0) is 12.8 Å². The first-order valence-corrected chi connectivity index (χ1v) is 19.9. The van der Waals surface area contributed by atoms with Crippen LogP contribution in [0.1, 0.15) is 194 Å². The van der Waals surface area contributed by atoms with Crippen molar-refractivity contribution in [3.05, 3.63) is 0 Å². The van der Waals surface area contributed by atoms with E-state index in [1.54, 1.807) is 0 Å². The Morgan fingerprint density at radius 2 is 0.837 bits per heavy atom. The van der Waals surface area contributed by atoms with E-state index in [2.05, 4.69) is 19.2 Å². The van der Waals surface area contributed by atoms with Crippen molar-refractivity contribution in [1.29, 1.82) is 0 Å². The highest BCUT2D eigenvalue weighted by Gasteiger charge is 2.28. The number of amides is 1. The molecule has 0 spiro atoms. The summed E-state index contributed by atoms with van der Waals surface area (Å²) >= 11 is 0. The molecule has 0 rings (SSSR count). The Morgan fingerprint density at radius 1 is 0.535 bits per heavy atom. The molecular weight excluding hydrogens is 562 g/mol. The van der Waals surface area contributed by atoms with Crippen LogP contribution in [0, 0.1) is 0 Å². The number of nitrogens with one attached hydrogen (secondary N) is 1. The van der Waals surface area contributed by atoms with Gasteiger partial charge in [0.2, 0.25) is 5.91 Å². The molecule has 43 heavy (non-hydrogen) atoms. The van der Waals surface area contributed by atoms with Crippen LogP contribution in [-0.4, -0.2) is 53.1 Å². The lowest BCUT2D eigenvalue weighted by Crippen LogP contribution is -2.50. The lowest BCUT2D eigenvalue weighted by molar-refractivity contribution is -0.131. The Hall–Kier alpha value is -0.700. The van der Waals surface area contributed by atoms with Gasteiger partial charge in [-0.15, -0.1) is 0 Å². The van der Waals surface area contributed by atoms with Gasteiger partial charge in [0, 0.05) is 0 Å². The van der Waals surface area contributed by atoms with E-state index in [1.807, 2.05) is 0 Å². The Labute approximate surface area is 266 Å². The largest absolute Gasteiger partial charge is 0.391 e. The minimum absolute atomic E-state index is 0.302. The highest BCUT2D eigenvalue weighted by atomic mass is 32.2. The van der Waals surface area contributed by atoms with Crippen LogP contribution >= 0.6 is 0 Å². The van der Waals surface area contributed by atoms with Crippen molar-refractivity contribution in [3.8, 4) is 0 Å². The number of aliphatic hydroxyl groups is 2. The Balaban J connectivity index is 3.81. The summed E-state index contributed by atoms with van der Waals surface area (Å²) in [5, 5.41) is 23.2. The maximum atomic E-state index is 12.5. The molecule has 0 radical (unpaired) electrons. The minimum Gasteiger partial charge on any atom is -0.391 e. The molecule has 0 fully saturated rings. The number of carbonyl (C=O) groups is 1. The van der Waals surface area contributed by atoms with Crippen molar-refractivity contribution in [1.82, 2.24) is 5.32 Å². The van der Waals surface area contributed by atoms with E-state index in [0.29, 0.717) is 19.3 Å². The van der Waals surface area contributed by atoms with Gasteiger partial charge >= 0.3 is 0 Å². The summed E-state index contributed by atoms with van der Waals surface area (Å²) in [6.45, 7) is 4.41. The molecule has 3 unspecified atom stereocenters. The van der Waals surface area contributed by atoms with E-state index in [1.165, 1.54) is 116 Å². The summed E-state index contributed by atoms with van der Waals surface area (Å²) in [5.41, 5.74) is 0. The molecule has 0 heterocycles. The first-order chi connectivity index (χ1) is 20.7. The van der Waals surface area contributed by atoms with Crippen LogP contribution in [0.5, 0.6) is 0 Å². The third kappa shape index (κ3) is 29.8. The summed E-state index contributed by atoms with van der Waals surface area (Å²) < 4.78 is 32.2. The van der Waals surface area contributed by atoms with Gasteiger partial charge in [-0.2, -0.15) is 8.42 Å². The van der Waals surface area contributed by atoms with Crippen molar-refractivity contribution in [2.24, 2.45) is 0 Å². The fourth-order valence-electron chi connectivity index (χ4n) is 5.81. The third-order valence-electron chi connectivity index (χ3n) is 8.67. The van der Waals surface area contributed by atoms with Gasteiger partial charge in [-0.1, -0.05) is 181 Å². The van der Waals surface area contributed by atoms with E-state index in [9.17, 15) is 28.0 Å². The van der Waals surface area contributed by atoms with Crippen LogP contribution in [-0.2, 0) is 14.9 Å². The highest BCUT2D eigenvalue weighted by molar-refractivity contribution is 7.85. The zero-order valence-electron chi connectivity index (χ0n) is 28.2. The smallest absolute Gasteiger partial charge is 0.266 e. The fraction of sp³-hybridized carbons (Fsp3) is 0.971. The van der Waals surface area contributed by atoms with Crippen LogP contribution in [0.25, 0.3) is 0 Å². The SMILES string of the molecule is CCCCCCCCCCCCCCCCCCCCCCC(O)C(=O)NC(CS(=O)(=O)O)C(O)CCCCCCCC. The number of rotatable bonds is 33. The van der Waals surface area contributed by atoms with Crippen LogP contribution in [0.4, 0.5) is 0 Å². The van der Waals surface area contributed by atoms with Crippen molar-refractivity contribution in [2.75, 3.05) is 5.75 Å². The van der Waals surface area contributed by atoms with Gasteiger partial charge < -0.3 is 15.5 Å². The molecule has 8 heteroatoms. The van der Waals surface area contributed by atoms with Crippen molar-refractivity contribution >= 4 is 16.0 Å². The minimum atomic E-state index is -4.39. The quantitative estimate of drug-likeness (QED) is 0.0422. The molecule has 0 aliphatic heterocycles. The van der Waals surface area contributed by atoms with Gasteiger partial charge in [0.15, 0.2) is 0 Å². The number of unbranched alkanes of at least 4 members (excludes halogenated alkanes) is 24. The Kier molecular flexibility index (Phi) is 29.5. The number of aliphatic hydroxyl groups excluding tert-OH is 2. The second kappa shape index (κ2) is 30.0. The van der Waals surface area contributed by atoms with Gasteiger partial charge in [-0.25, -0.2) is 0 Å². The zero-order valence-corrected chi connectivity index (χ0v) is 29.0. The number of hydrogen-bond donors (Lipinski definition) is 4.